The smallest absolute Gasteiger partial charge is 0.258 e. The zero-order chi connectivity index (χ0) is 14.3. The SMILES string of the molecule is Cl.NC1(c2noc(-c3cccc4ccccc34)n2)CCCC1. The molecule has 0 bridgehead atoms. The van der Waals surface area contributed by atoms with Crippen molar-refractivity contribution in [2.75, 3.05) is 0 Å². The van der Waals surface area contributed by atoms with Crippen LogP contribution < -0.4 is 5.73 Å². The van der Waals surface area contributed by atoms with E-state index in [0.717, 1.165) is 42.0 Å². The summed E-state index contributed by atoms with van der Waals surface area (Å²) >= 11 is 0. The minimum atomic E-state index is -0.410. The molecule has 4 rings (SSSR count). The van der Waals surface area contributed by atoms with Gasteiger partial charge in [0.1, 0.15) is 0 Å². The van der Waals surface area contributed by atoms with E-state index in [0.29, 0.717) is 11.7 Å². The Labute approximate surface area is 135 Å². The highest BCUT2D eigenvalue weighted by molar-refractivity contribution is 5.94. The molecule has 0 saturated heterocycles. The molecule has 1 heterocycles. The number of hydrogen-bond acceptors (Lipinski definition) is 4. The van der Waals surface area contributed by atoms with E-state index in [-0.39, 0.29) is 12.4 Å². The predicted molar refractivity (Wildman–Crippen MR) is 88.8 cm³/mol. The van der Waals surface area contributed by atoms with Crippen molar-refractivity contribution in [1.29, 1.82) is 0 Å². The van der Waals surface area contributed by atoms with Crippen molar-refractivity contribution < 1.29 is 4.52 Å². The van der Waals surface area contributed by atoms with Crippen molar-refractivity contribution in [3.05, 3.63) is 48.3 Å². The van der Waals surface area contributed by atoms with Crippen LogP contribution in [0.1, 0.15) is 31.5 Å². The van der Waals surface area contributed by atoms with Crippen molar-refractivity contribution in [1.82, 2.24) is 10.1 Å². The Morgan fingerprint density at radius 3 is 2.55 bits per heavy atom. The molecule has 114 valence electrons. The minimum Gasteiger partial charge on any atom is -0.334 e. The summed E-state index contributed by atoms with van der Waals surface area (Å²) in [5.74, 6) is 1.20. The van der Waals surface area contributed by atoms with Gasteiger partial charge in [-0.1, -0.05) is 54.4 Å². The number of nitrogens with two attached hydrogens (primary N) is 1. The van der Waals surface area contributed by atoms with E-state index in [9.17, 15) is 0 Å². The van der Waals surface area contributed by atoms with Crippen LogP contribution in [0.5, 0.6) is 0 Å². The molecule has 0 unspecified atom stereocenters. The maximum Gasteiger partial charge on any atom is 0.258 e. The summed E-state index contributed by atoms with van der Waals surface area (Å²) in [4.78, 5) is 4.58. The lowest BCUT2D eigenvalue weighted by Gasteiger charge is -2.17. The molecule has 3 aromatic rings. The Morgan fingerprint density at radius 1 is 1.00 bits per heavy atom. The molecule has 1 aromatic heterocycles. The highest BCUT2D eigenvalue weighted by Crippen LogP contribution is 2.36. The first-order valence-electron chi connectivity index (χ1n) is 7.37. The van der Waals surface area contributed by atoms with Gasteiger partial charge >= 0.3 is 0 Å². The Hall–Kier alpha value is -1.91. The van der Waals surface area contributed by atoms with Crippen LogP contribution >= 0.6 is 12.4 Å². The van der Waals surface area contributed by atoms with Crippen molar-refractivity contribution in [3.8, 4) is 11.5 Å². The number of nitrogens with zero attached hydrogens (tertiary/aromatic N) is 2. The average molecular weight is 316 g/mol. The molecule has 4 nitrogen and oxygen atoms in total. The van der Waals surface area contributed by atoms with E-state index in [1.807, 2.05) is 24.3 Å². The molecule has 0 spiro atoms. The van der Waals surface area contributed by atoms with Gasteiger partial charge in [-0.25, -0.2) is 0 Å². The Morgan fingerprint density at radius 2 is 1.73 bits per heavy atom. The summed E-state index contributed by atoms with van der Waals surface area (Å²) in [5, 5.41) is 6.43. The molecule has 1 fully saturated rings. The van der Waals surface area contributed by atoms with Gasteiger partial charge in [-0.05, 0) is 29.7 Å². The van der Waals surface area contributed by atoms with Crippen LogP contribution in [-0.2, 0) is 5.54 Å². The van der Waals surface area contributed by atoms with Gasteiger partial charge in [0.25, 0.3) is 5.89 Å². The fourth-order valence-corrected chi connectivity index (χ4v) is 3.18. The number of fused-ring (bicyclic) bond motifs is 1. The third-order valence-electron chi connectivity index (χ3n) is 4.39. The summed E-state index contributed by atoms with van der Waals surface area (Å²) in [7, 11) is 0. The first-order chi connectivity index (χ1) is 10.3. The van der Waals surface area contributed by atoms with E-state index in [2.05, 4.69) is 28.3 Å². The van der Waals surface area contributed by atoms with E-state index < -0.39 is 5.54 Å². The highest BCUT2D eigenvalue weighted by Gasteiger charge is 2.36. The first kappa shape index (κ1) is 15.0. The van der Waals surface area contributed by atoms with E-state index in [1.54, 1.807) is 0 Å². The predicted octanol–water partition coefficient (Wildman–Crippen LogP) is 4.04. The fourth-order valence-electron chi connectivity index (χ4n) is 3.18. The molecule has 0 amide bonds. The summed E-state index contributed by atoms with van der Waals surface area (Å²) in [6.45, 7) is 0. The van der Waals surface area contributed by atoms with Crippen molar-refractivity contribution in [3.63, 3.8) is 0 Å². The lowest BCUT2D eigenvalue weighted by atomic mass is 9.98. The zero-order valence-electron chi connectivity index (χ0n) is 12.2. The van der Waals surface area contributed by atoms with Gasteiger partial charge < -0.3 is 10.3 Å². The minimum absolute atomic E-state index is 0. The van der Waals surface area contributed by atoms with Crippen molar-refractivity contribution >= 4 is 23.2 Å². The van der Waals surface area contributed by atoms with Gasteiger partial charge in [0.2, 0.25) is 0 Å². The lowest BCUT2D eigenvalue weighted by molar-refractivity contribution is 0.373. The molecule has 2 N–H and O–H groups in total. The van der Waals surface area contributed by atoms with Crippen LogP contribution in [0.3, 0.4) is 0 Å². The molecule has 1 saturated carbocycles. The summed E-state index contributed by atoms with van der Waals surface area (Å²) < 4.78 is 5.50. The second kappa shape index (κ2) is 5.71. The van der Waals surface area contributed by atoms with Gasteiger partial charge in [0, 0.05) is 5.56 Å². The van der Waals surface area contributed by atoms with Crippen molar-refractivity contribution in [2.24, 2.45) is 5.73 Å². The number of aromatic nitrogens is 2. The van der Waals surface area contributed by atoms with Crippen LogP contribution in [0.2, 0.25) is 0 Å². The summed E-state index contributed by atoms with van der Waals surface area (Å²) in [5.41, 5.74) is 6.96. The molecule has 0 radical (unpaired) electrons. The molecule has 5 heteroatoms. The third kappa shape index (κ3) is 2.38. The van der Waals surface area contributed by atoms with Gasteiger partial charge in [-0.3, -0.25) is 0 Å². The normalized spacial score (nSPS) is 16.6. The zero-order valence-corrected chi connectivity index (χ0v) is 13.0. The highest BCUT2D eigenvalue weighted by atomic mass is 35.5. The van der Waals surface area contributed by atoms with Crippen molar-refractivity contribution in [2.45, 2.75) is 31.2 Å². The van der Waals surface area contributed by atoms with Gasteiger partial charge in [-0.15, -0.1) is 12.4 Å². The van der Waals surface area contributed by atoms with E-state index in [4.69, 9.17) is 10.3 Å². The second-order valence-corrected chi connectivity index (χ2v) is 5.81. The Balaban J connectivity index is 0.00000144. The third-order valence-corrected chi connectivity index (χ3v) is 4.39. The molecule has 2 aromatic carbocycles. The van der Waals surface area contributed by atoms with E-state index >= 15 is 0 Å². The molecular formula is C17H18ClN3O. The largest absolute Gasteiger partial charge is 0.334 e. The molecule has 0 aliphatic heterocycles. The molecule has 1 aliphatic rings. The van der Waals surface area contributed by atoms with Gasteiger partial charge in [-0.2, -0.15) is 4.98 Å². The Bertz CT molecular complexity index is 788. The van der Waals surface area contributed by atoms with Gasteiger partial charge in [0.05, 0.1) is 5.54 Å². The summed E-state index contributed by atoms with van der Waals surface area (Å²) in [6.07, 6.45) is 4.13. The number of hydrogen-bond donors (Lipinski definition) is 1. The number of benzene rings is 2. The maximum atomic E-state index is 6.40. The van der Waals surface area contributed by atoms with Gasteiger partial charge in [0.15, 0.2) is 5.82 Å². The molecule has 0 atom stereocenters. The average Bonchev–Trinajstić information content (AvgIpc) is 3.16. The molecule has 22 heavy (non-hydrogen) atoms. The second-order valence-electron chi connectivity index (χ2n) is 5.81. The van der Waals surface area contributed by atoms with E-state index in [1.165, 1.54) is 0 Å². The van der Waals surface area contributed by atoms with Crippen LogP contribution in [0.25, 0.3) is 22.2 Å². The number of halogens is 1. The molecule has 1 aliphatic carbocycles. The Kier molecular flexibility index (Phi) is 3.89. The lowest BCUT2D eigenvalue weighted by Crippen LogP contribution is -2.34. The topological polar surface area (TPSA) is 64.9 Å². The molecular weight excluding hydrogens is 298 g/mol. The van der Waals surface area contributed by atoms with Crippen LogP contribution in [0, 0.1) is 0 Å². The fraction of sp³-hybridized carbons (Fsp3) is 0.294. The standard InChI is InChI=1S/C17H17N3O.ClH/c18-17(10-3-4-11-17)16-19-15(21-20-16)14-9-5-7-12-6-1-2-8-13(12)14;/h1-2,5-9H,3-4,10-11,18H2;1H. The van der Waals surface area contributed by atoms with Crippen LogP contribution in [0.15, 0.2) is 47.0 Å². The number of rotatable bonds is 2. The summed E-state index contributed by atoms with van der Waals surface area (Å²) in [6, 6.07) is 14.3. The first-order valence-corrected chi connectivity index (χ1v) is 7.37. The monoisotopic (exact) mass is 315 g/mol. The maximum absolute atomic E-state index is 6.40. The van der Waals surface area contributed by atoms with Crippen LogP contribution in [-0.4, -0.2) is 10.1 Å². The quantitative estimate of drug-likeness (QED) is 0.775. The van der Waals surface area contributed by atoms with Crippen LogP contribution in [0.4, 0.5) is 0 Å².